The van der Waals surface area contributed by atoms with E-state index < -0.39 is 18.2 Å². The molecule has 0 fully saturated rings. The fraction of sp³-hybridized carbons (Fsp3) is 0.381. The molecule has 0 saturated heterocycles. The highest BCUT2D eigenvalue weighted by molar-refractivity contribution is 7.98. The molecule has 0 aromatic heterocycles. The highest BCUT2D eigenvalue weighted by Crippen LogP contribution is 2.51. The van der Waals surface area contributed by atoms with E-state index >= 15 is 0 Å². The van der Waals surface area contributed by atoms with Crippen LogP contribution in [0.15, 0.2) is 29.2 Å². The maximum atomic E-state index is 12.9. The van der Waals surface area contributed by atoms with Crippen molar-refractivity contribution in [3.05, 3.63) is 35.4 Å². The largest absolute Gasteiger partial charge is 0.493 e. The van der Waals surface area contributed by atoms with E-state index in [4.69, 9.17) is 18.9 Å². The number of hydrogen-bond acceptors (Lipinski definition) is 6. The third kappa shape index (κ3) is 4.03. The summed E-state index contributed by atoms with van der Waals surface area (Å²) in [7, 11) is 4.46. The minimum absolute atomic E-state index is 0.179. The summed E-state index contributed by atoms with van der Waals surface area (Å²) in [6, 6.07) is 7.18. The molecule has 0 saturated carbocycles. The number of fused-ring (bicyclic) bond motifs is 3. The summed E-state index contributed by atoms with van der Waals surface area (Å²) in [6.07, 6.45) is -3.74. The van der Waals surface area contributed by atoms with Crippen LogP contribution < -0.4 is 14.2 Å². The normalized spacial score (nSPS) is 15.5. The minimum Gasteiger partial charge on any atom is -0.493 e. The summed E-state index contributed by atoms with van der Waals surface area (Å²) in [4.78, 5) is 12.4. The summed E-state index contributed by atoms with van der Waals surface area (Å²) < 4.78 is 60.0. The maximum absolute atomic E-state index is 12.9. The van der Waals surface area contributed by atoms with Gasteiger partial charge in [-0.2, -0.15) is 13.2 Å². The number of ether oxygens (including phenoxy) is 4. The third-order valence-corrected chi connectivity index (χ3v) is 5.67. The summed E-state index contributed by atoms with van der Waals surface area (Å²) in [5, 5.41) is 0. The molecule has 0 heterocycles. The molecule has 0 amide bonds. The standard InChI is InChI=1S/C21H21F3O5S/c1-26-16-9-11-5-8-15(29-20(25)21(22,23)24)14-10-12(30-4)6-7-13(14)17(11)19(28-3)18(16)27-2/h6-7,9-10,15H,5,8H2,1-4H3/t15-/m1/s1. The lowest BCUT2D eigenvalue weighted by atomic mass is 9.94. The van der Waals surface area contributed by atoms with Crippen molar-refractivity contribution in [3.8, 4) is 28.4 Å². The van der Waals surface area contributed by atoms with Gasteiger partial charge < -0.3 is 18.9 Å². The molecule has 9 heteroatoms. The number of carbonyl (C=O) groups is 1. The van der Waals surface area contributed by atoms with Crippen LogP contribution in [0.25, 0.3) is 11.1 Å². The number of carbonyl (C=O) groups excluding carboxylic acids is 1. The highest BCUT2D eigenvalue weighted by Gasteiger charge is 2.43. The number of halogens is 3. The Morgan fingerprint density at radius 3 is 2.33 bits per heavy atom. The Morgan fingerprint density at radius 1 is 1.07 bits per heavy atom. The minimum atomic E-state index is -5.07. The molecule has 0 N–H and O–H groups in total. The van der Waals surface area contributed by atoms with Gasteiger partial charge in [0.25, 0.3) is 0 Å². The van der Waals surface area contributed by atoms with E-state index in [0.29, 0.717) is 40.4 Å². The molecule has 1 atom stereocenters. The van der Waals surface area contributed by atoms with Crippen LogP contribution in [0.5, 0.6) is 17.2 Å². The van der Waals surface area contributed by atoms with Crippen LogP contribution >= 0.6 is 11.8 Å². The molecule has 30 heavy (non-hydrogen) atoms. The monoisotopic (exact) mass is 442 g/mol. The van der Waals surface area contributed by atoms with Gasteiger partial charge in [-0.1, -0.05) is 6.07 Å². The fourth-order valence-corrected chi connectivity index (χ4v) is 4.07. The molecule has 3 rings (SSSR count). The Morgan fingerprint density at radius 2 is 1.77 bits per heavy atom. The number of alkyl halides is 3. The average molecular weight is 442 g/mol. The summed E-state index contributed by atoms with van der Waals surface area (Å²) in [5.74, 6) is -0.973. The van der Waals surface area contributed by atoms with Gasteiger partial charge in [0.05, 0.1) is 21.3 Å². The molecule has 2 aromatic carbocycles. The number of aryl methyl sites for hydroxylation is 1. The first-order valence-corrected chi connectivity index (χ1v) is 10.3. The van der Waals surface area contributed by atoms with E-state index in [1.54, 1.807) is 18.2 Å². The van der Waals surface area contributed by atoms with E-state index in [1.165, 1.54) is 33.1 Å². The number of rotatable bonds is 5. The molecule has 2 aromatic rings. The van der Waals surface area contributed by atoms with Crippen LogP contribution in [0, 0.1) is 0 Å². The Hall–Kier alpha value is -2.55. The van der Waals surface area contributed by atoms with Crippen molar-refractivity contribution in [1.82, 2.24) is 0 Å². The Bertz CT molecular complexity index is 959. The number of benzene rings is 2. The Balaban J connectivity index is 2.24. The zero-order valence-electron chi connectivity index (χ0n) is 16.9. The maximum Gasteiger partial charge on any atom is 0.490 e. The molecular weight excluding hydrogens is 421 g/mol. The smallest absolute Gasteiger partial charge is 0.490 e. The predicted molar refractivity (Wildman–Crippen MR) is 107 cm³/mol. The van der Waals surface area contributed by atoms with Crippen molar-refractivity contribution < 1.29 is 36.9 Å². The molecule has 0 aliphatic heterocycles. The van der Waals surface area contributed by atoms with E-state index in [1.807, 2.05) is 12.3 Å². The van der Waals surface area contributed by atoms with Crippen LogP contribution in [0.1, 0.15) is 23.7 Å². The van der Waals surface area contributed by atoms with Crippen molar-refractivity contribution in [2.45, 2.75) is 30.0 Å². The zero-order valence-corrected chi connectivity index (χ0v) is 17.7. The molecular formula is C21H21F3O5S. The first-order valence-electron chi connectivity index (χ1n) is 9.03. The molecule has 162 valence electrons. The van der Waals surface area contributed by atoms with Crippen LogP contribution in [-0.2, 0) is 16.0 Å². The SMILES string of the molecule is COc1cc2c(c(OC)c1OC)-c1ccc(SC)cc1[C@H](OC(=O)C(F)(F)F)CC2. The van der Waals surface area contributed by atoms with E-state index in [-0.39, 0.29) is 6.42 Å². The lowest BCUT2D eigenvalue weighted by Crippen LogP contribution is -2.27. The van der Waals surface area contributed by atoms with Gasteiger partial charge in [0.1, 0.15) is 6.10 Å². The molecule has 0 bridgehead atoms. The first kappa shape index (κ1) is 22.1. The van der Waals surface area contributed by atoms with E-state index in [0.717, 1.165) is 10.5 Å². The highest BCUT2D eigenvalue weighted by atomic mass is 32.2. The van der Waals surface area contributed by atoms with Gasteiger partial charge in [-0.25, -0.2) is 4.79 Å². The lowest BCUT2D eigenvalue weighted by molar-refractivity contribution is -0.205. The molecule has 1 aliphatic carbocycles. The summed E-state index contributed by atoms with van der Waals surface area (Å²) in [6.45, 7) is 0. The van der Waals surface area contributed by atoms with Crippen molar-refractivity contribution in [1.29, 1.82) is 0 Å². The molecule has 0 unspecified atom stereocenters. The number of methoxy groups -OCH3 is 3. The van der Waals surface area contributed by atoms with Gasteiger partial charge in [0.2, 0.25) is 5.75 Å². The van der Waals surface area contributed by atoms with E-state index in [9.17, 15) is 18.0 Å². The van der Waals surface area contributed by atoms with E-state index in [2.05, 4.69) is 0 Å². The molecule has 0 radical (unpaired) electrons. The second-order valence-corrected chi connectivity index (χ2v) is 7.44. The zero-order chi connectivity index (χ0) is 22.1. The van der Waals surface area contributed by atoms with Gasteiger partial charge >= 0.3 is 12.1 Å². The average Bonchev–Trinajstić information content (AvgIpc) is 2.88. The summed E-state index contributed by atoms with van der Waals surface area (Å²) >= 11 is 1.44. The molecule has 5 nitrogen and oxygen atoms in total. The van der Waals surface area contributed by atoms with Gasteiger partial charge in [0.15, 0.2) is 11.5 Å². The third-order valence-electron chi connectivity index (χ3n) is 4.94. The topological polar surface area (TPSA) is 54.0 Å². The molecule has 1 aliphatic rings. The van der Waals surface area contributed by atoms with Crippen molar-refractivity contribution in [3.63, 3.8) is 0 Å². The quantitative estimate of drug-likeness (QED) is 0.469. The van der Waals surface area contributed by atoms with Crippen molar-refractivity contribution >= 4 is 17.7 Å². The second kappa shape index (κ2) is 8.67. The lowest BCUT2D eigenvalue weighted by Gasteiger charge is -2.21. The van der Waals surface area contributed by atoms with Gasteiger partial charge in [-0.15, -0.1) is 11.8 Å². The number of thioether (sulfide) groups is 1. The van der Waals surface area contributed by atoms with Crippen LogP contribution in [0.2, 0.25) is 0 Å². The van der Waals surface area contributed by atoms with Gasteiger partial charge in [0, 0.05) is 16.0 Å². The first-order chi connectivity index (χ1) is 14.2. The van der Waals surface area contributed by atoms with Crippen molar-refractivity contribution in [2.24, 2.45) is 0 Å². The van der Waals surface area contributed by atoms with Crippen LogP contribution in [0.4, 0.5) is 13.2 Å². The number of hydrogen-bond donors (Lipinski definition) is 0. The van der Waals surface area contributed by atoms with Gasteiger partial charge in [-0.3, -0.25) is 0 Å². The molecule has 0 spiro atoms. The van der Waals surface area contributed by atoms with Crippen LogP contribution in [0.3, 0.4) is 0 Å². The Labute approximate surface area is 176 Å². The van der Waals surface area contributed by atoms with Gasteiger partial charge in [-0.05, 0) is 48.4 Å². The van der Waals surface area contributed by atoms with Crippen LogP contribution in [-0.4, -0.2) is 39.7 Å². The number of esters is 1. The fourth-order valence-electron chi connectivity index (χ4n) is 3.62. The second-order valence-electron chi connectivity index (χ2n) is 6.56. The Kier molecular flexibility index (Phi) is 6.40. The van der Waals surface area contributed by atoms with Crippen molar-refractivity contribution in [2.75, 3.05) is 27.6 Å². The summed E-state index contributed by atoms with van der Waals surface area (Å²) in [5.41, 5.74) is 2.60. The predicted octanol–water partition coefficient (Wildman–Crippen LogP) is 5.19.